The van der Waals surface area contributed by atoms with Crippen molar-refractivity contribution in [1.29, 1.82) is 0 Å². The maximum absolute atomic E-state index is 5.65. The van der Waals surface area contributed by atoms with Crippen molar-refractivity contribution in [2.75, 3.05) is 18.0 Å². The second-order valence-electron chi connectivity index (χ2n) is 4.85. The summed E-state index contributed by atoms with van der Waals surface area (Å²) in [6.07, 6.45) is 3.48. The van der Waals surface area contributed by atoms with Gasteiger partial charge < -0.3 is 10.6 Å². The van der Waals surface area contributed by atoms with Gasteiger partial charge in [-0.25, -0.2) is 9.97 Å². The molecule has 0 aliphatic carbocycles. The van der Waals surface area contributed by atoms with Crippen molar-refractivity contribution in [3.63, 3.8) is 0 Å². The van der Waals surface area contributed by atoms with E-state index >= 15 is 0 Å². The van der Waals surface area contributed by atoms with Gasteiger partial charge in [-0.05, 0) is 38.4 Å². The van der Waals surface area contributed by atoms with E-state index in [1.165, 1.54) is 5.56 Å². The molecule has 0 bridgehead atoms. The van der Waals surface area contributed by atoms with Crippen molar-refractivity contribution in [3.05, 3.63) is 47.9 Å². The van der Waals surface area contributed by atoms with Crippen LogP contribution in [0, 0.1) is 6.92 Å². The Balaban J connectivity index is 2.32. The van der Waals surface area contributed by atoms with Gasteiger partial charge in [0.05, 0.1) is 0 Å². The van der Waals surface area contributed by atoms with Gasteiger partial charge >= 0.3 is 0 Å². The van der Waals surface area contributed by atoms with Crippen molar-refractivity contribution in [2.24, 2.45) is 5.73 Å². The molecule has 1 heterocycles. The van der Waals surface area contributed by atoms with Gasteiger partial charge in [0.25, 0.3) is 0 Å². The average Bonchev–Trinajstić information content (AvgIpc) is 2.49. The molecule has 0 saturated carbocycles. The van der Waals surface area contributed by atoms with E-state index in [-0.39, 0.29) is 0 Å². The molecule has 2 rings (SSSR count). The van der Waals surface area contributed by atoms with Crippen LogP contribution < -0.4 is 10.6 Å². The number of benzene rings is 1. The highest BCUT2D eigenvalue weighted by Crippen LogP contribution is 2.24. The third kappa shape index (κ3) is 3.54. The van der Waals surface area contributed by atoms with Gasteiger partial charge in [0.15, 0.2) is 0 Å². The van der Waals surface area contributed by atoms with Gasteiger partial charge in [0.1, 0.15) is 12.1 Å². The minimum Gasteiger partial charge on any atom is -0.330 e. The first-order valence-corrected chi connectivity index (χ1v) is 7.09. The first-order chi connectivity index (χ1) is 9.74. The zero-order valence-electron chi connectivity index (χ0n) is 12.2. The quantitative estimate of drug-likeness (QED) is 0.877. The minimum absolute atomic E-state index is 0.675. The monoisotopic (exact) mass is 270 g/mol. The Morgan fingerprint density at radius 1 is 1.15 bits per heavy atom. The summed E-state index contributed by atoms with van der Waals surface area (Å²) in [5.74, 6) is 0.939. The molecule has 4 heteroatoms. The zero-order valence-corrected chi connectivity index (χ0v) is 12.2. The number of nitrogens with two attached hydrogens (primary N) is 1. The standard InChI is InChI=1S/C16H22N4/c1-3-14-11-16(19-12-18-14)20(10-4-9-17)15-7-5-13(2)6-8-15/h5-8,11-12H,3-4,9-10,17H2,1-2H3. The van der Waals surface area contributed by atoms with Crippen LogP contribution in [0.4, 0.5) is 11.5 Å². The summed E-state index contributed by atoms with van der Waals surface area (Å²) in [4.78, 5) is 10.9. The smallest absolute Gasteiger partial charge is 0.136 e. The van der Waals surface area contributed by atoms with Gasteiger partial charge in [0.2, 0.25) is 0 Å². The van der Waals surface area contributed by atoms with Crippen LogP contribution in [0.5, 0.6) is 0 Å². The lowest BCUT2D eigenvalue weighted by Crippen LogP contribution is -2.22. The van der Waals surface area contributed by atoms with E-state index in [4.69, 9.17) is 5.73 Å². The van der Waals surface area contributed by atoms with Crippen molar-refractivity contribution >= 4 is 11.5 Å². The van der Waals surface area contributed by atoms with Crippen LogP contribution in [0.3, 0.4) is 0 Å². The summed E-state index contributed by atoms with van der Waals surface area (Å²) in [5.41, 5.74) is 9.11. The Labute approximate surface area is 120 Å². The van der Waals surface area contributed by atoms with Crippen LogP contribution in [0.25, 0.3) is 0 Å². The summed E-state index contributed by atoms with van der Waals surface area (Å²) in [5, 5.41) is 0. The summed E-state index contributed by atoms with van der Waals surface area (Å²) in [6.45, 7) is 5.73. The second-order valence-corrected chi connectivity index (χ2v) is 4.85. The molecule has 2 N–H and O–H groups in total. The topological polar surface area (TPSA) is 55.0 Å². The van der Waals surface area contributed by atoms with Gasteiger partial charge in [-0.15, -0.1) is 0 Å². The number of rotatable bonds is 6. The molecule has 106 valence electrons. The zero-order chi connectivity index (χ0) is 14.4. The number of hydrogen-bond acceptors (Lipinski definition) is 4. The van der Waals surface area contributed by atoms with E-state index in [9.17, 15) is 0 Å². The highest BCUT2D eigenvalue weighted by Gasteiger charge is 2.10. The number of hydrogen-bond donors (Lipinski definition) is 1. The van der Waals surface area contributed by atoms with Gasteiger partial charge in [-0.1, -0.05) is 24.6 Å². The maximum atomic E-state index is 5.65. The number of anilines is 2. The molecule has 4 nitrogen and oxygen atoms in total. The fourth-order valence-electron chi connectivity index (χ4n) is 2.08. The van der Waals surface area contributed by atoms with Gasteiger partial charge in [-0.2, -0.15) is 0 Å². The van der Waals surface area contributed by atoms with Crippen molar-refractivity contribution in [1.82, 2.24) is 9.97 Å². The molecule has 0 radical (unpaired) electrons. The lowest BCUT2D eigenvalue weighted by Gasteiger charge is -2.24. The molecule has 0 aliphatic rings. The van der Waals surface area contributed by atoms with Crippen LogP contribution in [-0.2, 0) is 6.42 Å². The Morgan fingerprint density at radius 2 is 1.90 bits per heavy atom. The van der Waals surface area contributed by atoms with E-state index < -0.39 is 0 Å². The van der Waals surface area contributed by atoms with E-state index in [0.29, 0.717) is 6.54 Å². The van der Waals surface area contributed by atoms with E-state index in [1.54, 1.807) is 6.33 Å². The predicted octanol–water partition coefficient (Wildman–Crippen LogP) is 2.83. The molecule has 0 saturated heterocycles. The molecule has 2 aromatic rings. The summed E-state index contributed by atoms with van der Waals surface area (Å²) < 4.78 is 0. The van der Waals surface area contributed by atoms with Crippen molar-refractivity contribution in [2.45, 2.75) is 26.7 Å². The Bertz CT molecular complexity index is 536. The highest BCUT2D eigenvalue weighted by molar-refractivity contribution is 5.60. The summed E-state index contributed by atoms with van der Waals surface area (Å²) in [6, 6.07) is 10.5. The van der Waals surface area contributed by atoms with Crippen molar-refractivity contribution < 1.29 is 0 Å². The van der Waals surface area contributed by atoms with Gasteiger partial charge in [0, 0.05) is 24.0 Å². The number of aryl methyl sites for hydroxylation is 2. The molecular formula is C16H22N4. The SMILES string of the molecule is CCc1cc(N(CCCN)c2ccc(C)cc2)ncn1. The van der Waals surface area contributed by atoms with Crippen LogP contribution >= 0.6 is 0 Å². The molecule has 0 unspecified atom stereocenters. The first-order valence-electron chi connectivity index (χ1n) is 7.09. The molecule has 0 amide bonds. The third-order valence-electron chi connectivity index (χ3n) is 3.28. The molecule has 1 aromatic carbocycles. The predicted molar refractivity (Wildman–Crippen MR) is 83.3 cm³/mol. The van der Waals surface area contributed by atoms with Crippen LogP contribution in [0.15, 0.2) is 36.7 Å². The second kappa shape index (κ2) is 7.01. The average molecular weight is 270 g/mol. The Hall–Kier alpha value is -1.94. The number of nitrogens with zero attached hydrogens (tertiary/aromatic N) is 3. The lowest BCUT2D eigenvalue weighted by atomic mass is 10.2. The first kappa shape index (κ1) is 14.5. The summed E-state index contributed by atoms with van der Waals surface area (Å²) >= 11 is 0. The van der Waals surface area contributed by atoms with Crippen molar-refractivity contribution in [3.8, 4) is 0 Å². The normalized spacial score (nSPS) is 10.6. The minimum atomic E-state index is 0.675. The molecule has 0 aliphatic heterocycles. The molecule has 0 spiro atoms. The molecular weight excluding hydrogens is 248 g/mol. The number of aromatic nitrogens is 2. The molecule has 20 heavy (non-hydrogen) atoms. The largest absolute Gasteiger partial charge is 0.330 e. The highest BCUT2D eigenvalue weighted by atomic mass is 15.2. The fraction of sp³-hybridized carbons (Fsp3) is 0.375. The third-order valence-corrected chi connectivity index (χ3v) is 3.28. The molecule has 0 atom stereocenters. The van der Waals surface area contributed by atoms with E-state index in [1.807, 2.05) is 0 Å². The van der Waals surface area contributed by atoms with Crippen LogP contribution in [0.2, 0.25) is 0 Å². The molecule has 1 aromatic heterocycles. The molecule has 0 fully saturated rings. The van der Waals surface area contributed by atoms with Crippen LogP contribution in [-0.4, -0.2) is 23.1 Å². The maximum Gasteiger partial charge on any atom is 0.136 e. The fourth-order valence-corrected chi connectivity index (χ4v) is 2.08. The van der Waals surface area contributed by atoms with E-state index in [0.717, 1.165) is 36.6 Å². The lowest BCUT2D eigenvalue weighted by molar-refractivity contribution is 0.806. The van der Waals surface area contributed by atoms with E-state index in [2.05, 4.69) is 59.0 Å². The van der Waals surface area contributed by atoms with Crippen LogP contribution in [0.1, 0.15) is 24.6 Å². The van der Waals surface area contributed by atoms with Gasteiger partial charge in [-0.3, -0.25) is 0 Å². The summed E-state index contributed by atoms with van der Waals surface area (Å²) in [7, 11) is 0. The Kier molecular flexibility index (Phi) is 5.07. The Morgan fingerprint density at radius 3 is 2.55 bits per heavy atom.